The predicted octanol–water partition coefficient (Wildman–Crippen LogP) is 1.50. The molecule has 1 aromatic carbocycles. The molecule has 0 unspecified atom stereocenters. The Kier molecular flexibility index (Phi) is 2.82. The average molecular weight is 248 g/mol. The quantitative estimate of drug-likeness (QED) is 0.879. The second-order valence-corrected chi connectivity index (χ2v) is 5.31. The fourth-order valence-electron chi connectivity index (χ4n) is 2.94. The molecular weight excluding hydrogens is 228 g/mol. The Hall–Kier alpha value is -1.42. The number of hydrogen-bond donors (Lipinski definition) is 1. The molecule has 0 aromatic heterocycles. The van der Waals surface area contributed by atoms with Crippen LogP contribution in [0.5, 0.6) is 11.5 Å². The van der Waals surface area contributed by atoms with Gasteiger partial charge in [0.05, 0.1) is 14.2 Å². The average Bonchev–Trinajstić information content (AvgIpc) is 2.83. The molecule has 0 radical (unpaired) electrons. The van der Waals surface area contributed by atoms with E-state index in [2.05, 4.69) is 22.3 Å². The number of nitrogens with zero attached hydrogens (tertiary/aromatic N) is 1. The standard InChI is InChI=1S/C14H20N2O2/c1-17-12-4-3-11(7-13(12)18-2)16-6-5-14(10-16)8-15-9-14/h3-4,7,15H,5-6,8-10H2,1-2H3. The Morgan fingerprint density at radius 3 is 2.50 bits per heavy atom. The first kappa shape index (κ1) is 11.7. The summed E-state index contributed by atoms with van der Waals surface area (Å²) in [4.78, 5) is 2.45. The lowest BCUT2D eigenvalue weighted by Crippen LogP contribution is -2.54. The summed E-state index contributed by atoms with van der Waals surface area (Å²) in [6.45, 7) is 4.61. The van der Waals surface area contributed by atoms with E-state index in [4.69, 9.17) is 9.47 Å². The Bertz CT molecular complexity index is 443. The van der Waals surface area contributed by atoms with E-state index in [1.807, 2.05) is 6.07 Å². The molecule has 0 atom stereocenters. The zero-order chi connectivity index (χ0) is 12.6. The molecule has 98 valence electrons. The minimum Gasteiger partial charge on any atom is -0.493 e. The molecule has 2 aliphatic heterocycles. The maximum atomic E-state index is 5.36. The molecule has 0 saturated carbocycles. The van der Waals surface area contributed by atoms with Crippen LogP contribution in [-0.2, 0) is 0 Å². The van der Waals surface area contributed by atoms with Crippen molar-refractivity contribution in [2.24, 2.45) is 5.41 Å². The first-order valence-electron chi connectivity index (χ1n) is 6.44. The van der Waals surface area contributed by atoms with E-state index >= 15 is 0 Å². The van der Waals surface area contributed by atoms with E-state index in [1.54, 1.807) is 14.2 Å². The zero-order valence-corrected chi connectivity index (χ0v) is 11.0. The summed E-state index contributed by atoms with van der Waals surface area (Å²) >= 11 is 0. The SMILES string of the molecule is COc1ccc(N2CCC3(CNC3)C2)cc1OC. The third-order valence-corrected chi connectivity index (χ3v) is 4.17. The van der Waals surface area contributed by atoms with E-state index in [9.17, 15) is 0 Å². The molecule has 0 amide bonds. The Labute approximate surface area is 108 Å². The van der Waals surface area contributed by atoms with Gasteiger partial charge in [-0.15, -0.1) is 0 Å². The lowest BCUT2D eigenvalue weighted by Gasteiger charge is -2.39. The second-order valence-electron chi connectivity index (χ2n) is 5.31. The van der Waals surface area contributed by atoms with Gasteiger partial charge in [-0.05, 0) is 18.6 Å². The maximum Gasteiger partial charge on any atom is 0.162 e. The van der Waals surface area contributed by atoms with Crippen LogP contribution < -0.4 is 19.7 Å². The van der Waals surface area contributed by atoms with Gasteiger partial charge >= 0.3 is 0 Å². The maximum absolute atomic E-state index is 5.36. The molecule has 2 saturated heterocycles. The van der Waals surface area contributed by atoms with Crippen LogP contribution >= 0.6 is 0 Å². The minimum absolute atomic E-state index is 0.521. The lowest BCUT2D eigenvalue weighted by molar-refractivity contribution is 0.200. The second kappa shape index (κ2) is 4.35. The summed E-state index contributed by atoms with van der Waals surface area (Å²) in [5.41, 5.74) is 1.75. The van der Waals surface area contributed by atoms with Crippen LogP contribution in [0.25, 0.3) is 0 Å². The smallest absolute Gasteiger partial charge is 0.162 e. The highest BCUT2D eigenvalue weighted by Crippen LogP contribution is 2.39. The van der Waals surface area contributed by atoms with Crippen LogP contribution in [0.15, 0.2) is 18.2 Å². The molecule has 2 aliphatic rings. The Balaban J connectivity index is 1.80. The van der Waals surface area contributed by atoms with Crippen LogP contribution in [0.4, 0.5) is 5.69 Å². The number of methoxy groups -OCH3 is 2. The molecule has 1 spiro atoms. The number of rotatable bonds is 3. The fraction of sp³-hybridized carbons (Fsp3) is 0.571. The monoisotopic (exact) mass is 248 g/mol. The lowest BCUT2D eigenvalue weighted by atomic mass is 9.81. The summed E-state index contributed by atoms with van der Waals surface area (Å²) in [6, 6.07) is 6.18. The van der Waals surface area contributed by atoms with Crippen molar-refractivity contribution < 1.29 is 9.47 Å². The van der Waals surface area contributed by atoms with Gasteiger partial charge in [0.25, 0.3) is 0 Å². The van der Waals surface area contributed by atoms with E-state index in [-0.39, 0.29) is 0 Å². The fourth-order valence-corrected chi connectivity index (χ4v) is 2.94. The van der Waals surface area contributed by atoms with Crippen molar-refractivity contribution in [3.63, 3.8) is 0 Å². The molecule has 1 aromatic rings. The van der Waals surface area contributed by atoms with Crippen molar-refractivity contribution in [3.8, 4) is 11.5 Å². The van der Waals surface area contributed by atoms with Gasteiger partial charge in [-0.1, -0.05) is 0 Å². The highest BCUT2D eigenvalue weighted by Gasteiger charge is 2.42. The van der Waals surface area contributed by atoms with E-state index in [0.29, 0.717) is 5.41 Å². The molecule has 4 heteroatoms. The minimum atomic E-state index is 0.521. The van der Waals surface area contributed by atoms with Gasteiger partial charge in [-0.25, -0.2) is 0 Å². The first-order chi connectivity index (χ1) is 8.76. The molecule has 1 N–H and O–H groups in total. The number of nitrogens with one attached hydrogen (secondary N) is 1. The first-order valence-corrected chi connectivity index (χ1v) is 6.44. The highest BCUT2D eigenvalue weighted by molar-refractivity contribution is 5.57. The Morgan fingerprint density at radius 1 is 1.17 bits per heavy atom. The van der Waals surface area contributed by atoms with Crippen LogP contribution in [0.2, 0.25) is 0 Å². The molecular formula is C14H20N2O2. The van der Waals surface area contributed by atoms with Crippen molar-refractivity contribution in [1.82, 2.24) is 5.32 Å². The largest absolute Gasteiger partial charge is 0.493 e. The van der Waals surface area contributed by atoms with E-state index < -0.39 is 0 Å². The number of benzene rings is 1. The molecule has 3 rings (SSSR count). The van der Waals surface area contributed by atoms with Gasteiger partial charge in [0.15, 0.2) is 11.5 Å². The van der Waals surface area contributed by atoms with Crippen molar-refractivity contribution in [2.75, 3.05) is 45.3 Å². The summed E-state index contributed by atoms with van der Waals surface area (Å²) < 4.78 is 10.6. The molecule has 0 aliphatic carbocycles. The van der Waals surface area contributed by atoms with Crippen molar-refractivity contribution in [3.05, 3.63) is 18.2 Å². The van der Waals surface area contributed by atoms with Gasteiger partial charge in [0.2, 0.25) is 0 Å². The van der Waals surface area contributed by atoms with Crippen LogP contribution in [0.3, 0.4) is 0 Å². The van der Waals surface area contributed by atoms with Crippen LogP contribution in [0.1, 0.15) is 6.42 Å². The van der Waals surface area contributed by atoms with E-state index in [0.717, 1.165) is 37.7 Å². The van der Waals surface area contributed by atoms with Crippen molar-refractivity contribution in [2.45, 2.75) is 6.42 Å². The molecule has 18 heavy (non-hydrogen) atoms. The molecule has 2 fully saturated rings. The van der Waals surface area contributed by atoms with Gasteiger partial charge in [0.1, 0.15) is 0 Å². The summed E-state index contributed by atoms with van der Waals surface area (Å²) in [5.74, 6) is 1.60. The van der Waals surface area contributed by atoms with Gasteiger partial charge in [-0.2, -0.15) is 0 Å². The highest BCUT2D eigenvalue weighted by atomic mass is 16.5. The van der Waals surface area contributed by atoms with Crippen LogP contribution in [0, 0.1) is 5.41 Å². The molecule has 2 heterocycles. The molecule has 0 bridgehead atoms. The number of anilines is 1. The summed E-state index contributed by atoms with van der Waals surface area (Å²) in [7, 11) is 3.35. The van der Waals surface area contributed by atoms with Crippen molar-refractivity contribution >= 4 is 5.69 Å². The van der Waals surface area contributed by atoms with E-state index in [1.165, 1.54) is 12.1 Å². The summed E-state index contributed by atoms with van der Waals surface area (Å²) in [5, 5.41) is 3.39. The summed E-state index contributed by atoms with van der Waals surface area (Å²) in [6.07, 6.45) is 1.29. The predicted molar refractivity (Wildman–Crippen MR) is 71.7 cm³/mol. The van der Waals surface area contributed by atoms with Gasteiger partial charge < -0.3 is 19.7 Å². The third kappa shape index (κ3) is 1.81. The topological polar surface area (TPSA) is 33.7 Å². The van der Waals surface area contributed by atoms with Crippen molar-refractivity contribution in [1.29, 1.82) is 0 Å². The third-order valence-electron chi connectivity index (χ3n) is 4.17. The molecule has 4 nitrogen and oxygen atoms in total. The van der Waals surface area contributed by atoms with Crippen LogP contribution in [-0.4, -0.2) is 40.4 Å². The number of hydrogen-bond acceptors (Lipinski definition) is 4. The number of ether oxygens (including phenoxy) is 2. The van der Waals surface area contributed by atoms with Gasteiger partial charge in [0, 0.05) is 43.3 Å². The zero-order valence-electron chi connectivity index (χ0n) is 11.0. The normalized spacial score (nSPS) is 20.9. The van der Waals surface area contributed by atoms with Gasteiger partial charge in [-0.3, -0.25) is 0 Å². The Morgan fingerprint density at radius 2 is 1.94 bits per heavy atom.